The number of nitrogens with one attached hydrogen (secondary N) is 2. The Hall–Kier alpha value is -1.96. The fourth-order valence-electron chi connectivity index (χ4n) is 1.50. The van der Waals surface area contributed by atoms with Gasteiger partial charge in [0.05, 0.1) is 17.8 Å². The van der Waals surface area contributed by atoms with Crippen molar-refractivity contribution in [2.24, 2.45) is 0 Å². The van der Waals surface area contributed by atoms with Crippen molar-refractivity contribution < 1.29 is 18.9 Å². The number of pyridine rings is 1. The molecule has 7 nitrogen and oxygen atoms in total. The second-order valence-electron chi connectivity index (χ2n) is 4.55. The average Bonchev–Trinajstić information content (AvgIpc) is 2.45. The molecule has 0 saturated carbocycles. The number of rotatable bonds is 7. The summed E-state index contributed by atoms with van der Waals surface area (Å²) in [6, 6.07) is 2.43. The quantitative estimate of drug-likeness (QED) is 0.688. The third-order valence-corrected chi connectivity index (χ3v) is 4.27. The second-order valence-corrected chi connectivity index (χ2v) is 6.35. The first-order valence-electron chi connectivity index (χ1n) is 6.42. The van der Waals surface area contributed by atoms with Gasteiger partial charge in [0.1, 0.15) is 0 Å². The third kappa shape index (κ3) is 6.35. The van der Waals surface area contributed by atoms with E-state index in [4.69, 9.17) is 5.11 Å². The topological polar surface area (TPSA) is 108 Å². The van der Waals surface area contributed by atoms with Crippen molar-refractivity contribution in [2.75, 3.05) is 12.8 Å². The fourth-order valence-corrected chi connectivity index (χ4v) is 1.95. The maximum absolute atomic E-state index is 11.5. The highest BCUT2D eigenvalue weighted by atomic mass is 32.2. The molecule has 2 atom stereocenters. The van der Waals surface area contributed by atoms with E-state index in [0.717, 1.165) is 0 Å². The van der Waals surface area contributed by atoms with Gasteiger partial charge in [-0.25, -0.2) is 9.59 Å². The van der Waals surface area contributed by atoms with Gasteiger partial charge in [-0.1, -0.05) is 6.92 Å². The highest BCUT2D eigenvalue weighted by Crippen LogP contribution is 2.01. The van der Waals surface area contributed by atoms with Crippen LogP contribution in [0.3, 0.4) is 0 Å². The molecule has 2 amide bonds. The number of carbonyl (C=O) groups is 2. The molecular weight excluding hydrogens is 294 g/mol. The van der Waals surface area contributed by atoms with E-state index in [-0.39, 0.29) is 23.4 Å². The van der Waals surface area contributed by atoms with Gasteiger partial charge in [-0.2, -0.15) is 0 Å². The van der Waals surface area contributed by atoms with Gasteiger partial charge in [0.15, 0.2) is 0 Å². The van der Waals surface area contributed by atoms with E-state index in [0.29, 0.717) is 18.7 Å². The lowest BCUT2D eigenvalue weighted by atomic mass is 10.2. The van der Waals surface area contributed by atoms with Gasteiger partial charge in [0, 0.05) is 35.0 Å². The third-order valence-electron chi connectivity index (χ3n) is 2.90. The molecule has 0 fully saturated rings. The summed E-state index contributed by atoms with van der Waals surface area (Å²) < 4.78 is 11.1. The largest absolute Gasteiger partial charge is 0.478 e. The molecule has 0 saturated heterocycles. The van der Waals surface area contributed by atoms with Crippen LogP contribution in [-0.4, -0.2) is 44.4 Å². The number of aromatic carboxylic acids is 1. The molecule has 116 valence electrons. The molecule has 0 aliphatic heterocycles. The number of urea groups is 1. The molecule has 2 unspecified atom stereocenters. The van der Waals surface area contributed by atoms with Gasteiger partial charge >= 0.3 is 12.0 Å². The predicted molar refractivity (Wildman–Crippen MR) is 79.6 cm³/mol. The molecule has 1 heterocycles. The van der Waals surface area contributed by atoms with Crippen molar-refractivity contribution in [1.29, 1.82) is 0 Å². The van der Waals surface area contributed by atoms with Crippen LogP contribution in [0.5, 0.6) is 0 Å². The molecule has 0 bridgehead atoms. The van der Waals surface area contributed by atoms with Gasteiger partial charge in [-0.3, -0.25) is 9.19 Å². The summed E-state index contributed by atoms with van der Waals surface area (Å²) in [6.07, 6.45) is 3.64. The van der Waals surface area contributed by atoms with Crippen LogP contribution in [0.15, 0.2) is 18.3 Å². The molecular formula is C13H19N3O4S. The molecule has 1 aromatic heterocycles. The van der Waals surface area contributed by atoms with E-state index < -0.39 is 16.8 Å². The van der Waals surface area contributed by atoms with Crippen LogP contribution < -0.4 is 10.6 Å². The van der Waals surface area contributed by atoms with Crippen LogP contribution >= 0.6 is 0 Å². The molecule has 0 aliphatic carbocycles. The Kier molecular flexibility index (Phi) is 6.80. The van der Waals surface area contributed by atoms with Crippen molar-refractivity contribution in [1.82, 2.24) is 15.6 Å². The average molecular weight is 313 g/mol. The van der Waals surface area contributed by atoms with E-state index in [1.54, 1.807) is 6.26 Å². The number of carboxylic acids is 1. The molecule has 0 spiro atoms. The van der Waals surface area contributed by atoms with Gasteiger partial charge in [-0.15, -0.1) is 0 Å². The first kappa shape index (κ1) is 17.1. The molecule has 0 aliphatic rings. The number of carboxylic acid groups (broad SMARTS) is 1. The van der Waals surface area contributed by atoms with Crippen molar-refractivity contribution in [3.05, 3.63) is 29.6 Å². The molecule has 1 rings (SSSR count). The minimum atomic E-state index is -1.04. The Morgan fingerprint density at radius 3 is 2.76 bits per heavy atom. The number of aromatic nitrogens is 1. The normalized spacial score (nSPS) is 13.2. The lowest BCUT2D eigenvalue weighted by molar-refractivity contribution is 0.0696. The van der Waals surface area contributed by atoms with Crippen LogP contribution in [0, 0.1) is 0 Å². The van der Waals surface area contributed by atoms with Crippen LogP contribution in [0.2, 0.25) is 0 Å². The lowest BCUT2D eigenvalue weighted by Crippen LogP contribution is -2.36. The molecule has 3 N–H and O–H groups in total. The summed E-state index contributed by atoms with van der Waals surface area (Å²) in [6.45, 7) is 2.43. The molecule has 0 radical (unpaired) electrons. The minimum absolute atomic E-state index is 0.0271. The smallest absolute Gasteiger partial charge is 0.335 e. The van der Waals surface area contributed by atoms with Gasteiger partial charge in [0.25, 0.3) is 0 Å². The predicted octanol–water partition coefficient (Wildman–Crippen LogP) is 0.736. The molecule has 1 aromatic rings. The van der Waals surface area contributed by atoms with Crippen LogP contribution in [-0.2, 0) is 17.3 Å². The van der Waals surface area contributed by atoms with Gasteiger partial charge < -0.3 is 15.7 Å². The van der Waals surface area contributed by atoms with E-state index in [2.05, 4.69) is 15.6 Å². The monoisotopic (exact) mass is 313 g/mol. The second kappa shape index (κ2) is 8.35. The number of carbonyl (C=O) groups excluding carboxylic acids is 1. The Morgan fingerprint density at radius 2 is 2.14 bits per heavy atom. The lowest BCUT2D eigenvalue weighted by Gasteiger charge is -2.10. The summed E-state index contributed by atoms with van der Waals surface area (Å²) in [5.41, 5.74) is 0.592. The first-order chi connectivity index (χ1) is 9.90. The summed E-state index contributed by atoms with van der Waals surface area (Å²) in [5, 5.41) is 14.1. The highest BCUT2D eigenvalue weighted by Gasteiger charge is 2.08. The zero-order valence-electron chi connectivity index (χ0n) is 12.0. The Morgan fingerprint density at radius 1 is 1.43 bits per heavy atom. The maximum Gasteiger partial charge on any atom is 0.335 e. The van der Waals surface area contributed by atoms with Gasteiger partial charge in [0.2, 0.25) is 0 Å². The van der Waals surface area contributed by atoms with E-state index in [1.807, 2.05) is 6.92 Å². The minimum Gasteiger partial charge on any atom is -0.478 e. The summed E-state index contributed by atoms with van der Waals surface area (Å²) >= 11 is 0. The number of hydrogen-bond acceptors (Lipinski definition) is 4. The number of hydrogen-bond donors (Lipinski definition) is 3. The molecule has 8 heteroatoms. The fraction of sp³-hybridized carbons (Fsp3) is 0.462. The summed E-state index contributed by atoms with van der Waals surface area (Å²) in [7, 11) is -0.903. The highest BCUT2D eigenvalue weighted by molar-refractivity contribution is 7.84. The van der Waals surface area contributed by atoms with Crippen LogP contribution in [0.4, 0.5) is 4.79 Å². The number of nitrogens with zero attached hydrogens (tertiary/aromatic N) is 1. The molecule has 0 aromatic carbocycles. The van der Waals surface area contributed by atoms with Crippen molar-refractivity contribution in [3.8, 4) is 0 Å². The Balaban J connectivity index is 2.34. The Bertz CT molecular complexity index is 536. The van der Waals surface area contributed by atoms with Gasteiger partial charge in [-0.05, 0) is 18.6 Å². The van der Waals surface area contributed by atoms with Crippen molar-refractivity contribution >= 4 is 22.8 Å². The molecule has 21 heavy (non-hydrogen) atoms. The van der Waals surface area contributed by atoms with E-state index >= 15 is 0 Å². The zero-order valence-corrected chi connectivity index (χ0v) is 12.8. The van der Waals surface area contributed by atoms with Crippen LogP contribution in [0.25, 0.3) is 0 Å². The van der Waals surface area contributed by atoms with Crippen LogP contribution in [0.1, 0.15) is 29.4 Å². The zero-order chi connectivity index (χ0) is 15.8. The summed E-state index contributed by atoms with van der Waals surface area (Å²) in [5.74, 6) is -1.04. The first-order valence-corrected chi connectivity index (χ1v) is 8.04. The SMILES string of the molecule is CC(CCNC(=O)NCc1cc(C(=O)O)ccn1)S(C)=O. The Labute approximate surface area is 125 Å². The van der Waals surface area contributed by atoms with E-state index in [9.17, 15) is 13.8 Å². The summed E-state index contributed by atoms with van der Waals surface area (Å²) in [4.78, 5) is 26.3. The van der Waals surface area contributed by atoms with Crippen molar-refractivity contribution in [3.63, 3.8) is 0 Å². The number of amides is 2. The standard InChI is InChI=1S/C13H19N3O4S/c1-9(21(2)20)3-5-15-13(19)16-8-11-7-10(12(17)18)4-6-14-11/h4,6-7,9H,3,5,8H2,1-2H3,(H,17,18)(H2,15,16,19). The maximum atomic E-state index is 11.5. The van der Waals surface area contributed by atoms with E-state index in [1.165, 1.54) is 18.3 Å². The van der Waals surface area contributed by atoms with Crippen molar-refractivity contribution in [2.45, 2.75) is 25.1 Å².